The van der Waals surface area contributed by atoms with E-state index < -0.39 is 12.7 Å². The van der Waals surface area contributed by atoms with Crippen LogP contribution in [0.2, 0.25) is 0 Å². The summed E-state index contributed by atoms with van der Waals surface area (Å²) in [7, 11) is 0. The summed E-state index contributed by atoms with van der Waals surface area (Å²) < 4.78 is 36.0. The van der Waals surface area contributed by atoms with Crippen molar-refractivity contribution in [1.29, 1.82) is 0 Å². The molecule has 0 bridgehead atoms. The van der Waals surface area contributed by atoms with Crippen molar-refractivity contribution in [3.63, 3.8) is 0 Å². The summed E-state index contributed by atoms with van der Waals surface area (Å²) in [6, 6.07) is 8.01. The van der Waals surface area contributed by atoms with Crippen LogP contribution < -0.4 is 5.32 Å². The molecule has 2 nitrogen and oxygen atoms in total. The van der Waals surface area contributed by atoms with Gasteiger partial charge in [-0.05, 0) is 36.3 Å². The Morgan fingerprint density at radius 1 is 1.30 bits per heavy atom. The van der Waals surface area contributed by atoms with E-state index in [1.165, 1.54) is 11.1 Å². The molecule has 0 saturated carbocycles. The van der Waals surface area contributed by atoms with E-state index in [1.807, 2.05) is 18.2 Å². The van der Waals surface area contributed by atoms with E-state index >= 15 is 0 Å². The Morgan fingerprint density at radius 2 is 2.05 bits per heavy atom. The van der Waals surface area contributed by atoms with E-state index in [2.05, 4.69) is 11.4 Å². The van der Waals surface area contributed by atoms with Gasteiger partial charge in [0.15, 0.2) is 0 Å². The Bertz CT molecular complexity index is 470. The first-order valence-corrected chi connectivity index (χ1v) is 6.82. The number of carbonyl (C=O) groups is 1. The molecule has 0 heterocycles. The van der Waals surface area contributed by atoms with Crippen molar-refractivity contribution < 1.29 is 18.0 Å². The minimum Gasteiger partial charge on any atom is -0.302 e. The Morgan fingerprint density at radius 3 is 2.80 bits per heavy atom. The minimum absolute atomic E-state index is 0.153. The largest absolute Gasteiger partial charge is 0.401 e. The molecule has 0 aliphatic heterocycles. The fourth-order valence-corrected chi connectivity index (χ4v) is 2.76. The highest BCUT2D eigenvalue weighted by molar-refractivity contribution is 5.81. The average molecular weight is 285 g/mol. The molecule has 0 radical (unpaired) electrons. The Kier molecular flexibility index (Phi) is 4.81. The standard InChI is InChI=1S/C15H18F3NO/c16-15(17,18)10-19-9-13(20)8-12-6-3-5-11-4-1-2-7-14(11)12/h1-2,4,7,12,19H,3,5-6,8-10H2. The topological polar surface area (TPSA) is 29.1 Å². The highest BCUT2D eigenvalue weighted by atomic mass is 19.4. The first kappa shape index (κ1) is 15.0. The lowest BCUT2D eigenvalue weighted by molar-refractivity contribution is -0.127. The molecular formula is C15H18F3NO. The molecule has 0 saturated heterocycles. The summed E-state index contributed by atoms with van der Waals surface area (Å²) in [5.74, 6) is -0.00362. The number of ketones is 1. The van der Waals surface area contributed by atoms with Crippen LogP contribution in [0.4, 0.5) is 13.2 Å². The minimum atomic E-state index is -4.27. The third kappa shape index (κ3) is 4.34. The maximum atomic E-state index is 12.0. The zero-order valence-electron chi connectivity index (χ0n) is 11.2. The quantitative estimate of drug-likeness (QED) is 0.900. The molecule has 5 heteroatoms. The smallest absolute Gasteiger partial charge is 0.302 e. The molecular weight excluding hydrogens is 267 g/mol. The summed E-state index contributed by atoms with van der Waals surface area (Å²) in [5.41, 5.74) is 2.45. The zero-order valence-corrected chi connectivity index (χ0v) is 11.2. The van der Waals surface area contributed by atoms with Crippen LogP contribution in [0, 0.1) is 0 Å². The van der Waals surface area contributed by atoms with Crippen LogP contribution in [-0.4, -0.2) is 25.0 Å². The van der Waals surface area contributed by atoms with Crippen molar-refractivity contribution in [2.45, 2.75) is 37.8 Å². The van der Waals surface area contributed by atoms with Crippen LogP contribution in [0.3, 0.4) is 0 Å². The molecule has 1 aromatic rings. The number of alkyl halides is 3. The summed E-state index contributed by atoms with van der Waals surface area (Å²) in [4.78, 5) is 11.8. The predicted molar refractivity (Wildman–Crippen MR) is 70.7 cm³/mol. The lowest BCUT2D eigenvalue weighted by Gasteiger charge is -2.25. The number of aryl methyl sites for hydroxylation is 1. The highest BCUT2D eigenvalue weighted by Gasteiger charge is 2.27. The summed E-state index contributed by atoms with van der Waals surface area (Å²) in [5, 5.41) is 2.16. The van der Waals surface area contributed by atoms with Gasteiger partial charge in [-0.1, -0.05) is 24.3 Å². The van der Waals surface area contributed by atoms with Gasteiger partial charge in [0.1, 0.15) is 5.78 Å². The highest BCUT2D eigenvalue weighted by Crippen LogP contribution is 2.33. The second kappa shape index (κ2) is 6.39. The monoisotopic (exact) mass is 285 g/mol. The molecule has 0 aromatic heterocycles. The Labute approximate surface area is 116 Å². The molecule has 1 aromatic carbocycles. The maximum absolute atomic E-state index is 12.0. The molecule has 2 rings (SSSR count). The maximum Gasteiger partial charge on any atom is 0.401 e. The van der Waals surface area contributed by atoms with Gasteiger partial charge >= 0.3 is 6.18 Å². The summed E-state index contributed by atoms with van der Waals surface area (Å²) in [6.45, 7) is -1.32. The van der Waals surface area contributed by atoms with Gasteiger partial charge in [-0.15, -0.1) is 0 Å². The van der Waals surface area contributed by atoms with E-state index in [4.69, 9.17) is 0 Å². The first-order valence-electron chi connectivity index (χ1n) is 6.82. The normalized spacial score (nSPS) is 18.6. The van der Waals surface area contributed by atoms with Crippen LogP contribution in [0.1, 0.15) is 36.3 Å². The zero-order chi connectivity index (χ0) is 14.6. The van der Waals surface area contributed by atoms with Crippen molar-refractivity contribution >= 4 is 5.78 Å². The third-order valence-corrected chi connectivity index (χ3v) is 3.62. The van der Waals surface area contributed by atoms with E-state index in [-0.39, 0.29) is 18.2 Å². The van der Waals surface area contributed by atoms with Crippen molar-refractivity contribution in [3.05, 3.63) is 35.4 Å². The van der Waals surface area contributed by atoms with Gasteiger partial charge in [-0.25, -0.2) is 0 Å². The molecule has 1 unspecified atom stereocenters. The second-order valence-electron chi connectivity index (χ2n) is 5.25. The summed E-state index contributed by atoms with van der Waals surface area (Å²) >= 11 is 0. The van der Waals surface area contributed by atoms with E-state index in [0.29, 0.717) is 6.42 Å². The van der Waals surface area contributed by atoms with Crippen molar-refractivity contribution in [3.8, 4) is 0 Å². The van der Waals surface area contributed by atoms with E-state index in [1.54, 1.807) is 0 Å². The lowest BCUT2D eigenvalue weighted by Crippen LogP contribution is -2.33. The number of hydrogen-bond acceptors (Lipinski definition) is 2. The molecule has 110 valence electrons. The number of fused-ring (bicyclic) bond motifs is 1. The molecule has 0 spiro atoms. The van der Waals surface area contributed by atoms with Crippen molar-refractivity contribution in [1.82, 2.24) is 5.32 Å². The van der Waals surface area contributed by atoms with Crippen LogP contribution in [-0.2, 0) is 11.2 Å². The third-order valence-electron chi connectivity index (χ3n) is 3.62. The molecule has 20 heavy (non-hydrogen) atoms. The number of nitrogens with one attached hydrogen (secondary N) is 1. The van der Waals surface area contributed by atoms with Gasteiger partial charge in [-0.3, -0.25) is 4.79 Å². The fourth-order valence-electron chi connectivity index (χ4n) is 2.76. The van der Waals surface area contributed by atoms with Gasteiger partial charge in [0, 0.05) is 6.42 Å². The number of hydrogen-bond donors (Lipinski definition) is 1. The molecule has 1 N–H and O–H groups in total. The predicted octanol–water partition coefficient (Wildman–Crippen LogP) is 3.22. The molecule has 0 amide bonds. The van der Waals surface area contributed by atoms with Crippen LogP contribution in [0.25, 0.3) is 0 Å². The number of benzene rings is 1. The van der Waals surface area contributed by atoms with Crippen molar-refractivity contribution in [2.75, 3.05) is 13.1 Å². The van der Waals surface area contributed by atoms with E-state index in [0.717, 1.165) is 19.3 Å². The van der Waals surface area contributed by atoms with E-state index in [9.17, 15) is 18.0 Å². The Balaban J connectivity index is 1.86. The first-order chi connectivity index (χ1) is 9.46. The van der Waals surface area contributed by atoms with Crippen LogP contribution >= 0.6 is 0 Å². The van der Waals surface area contributed by atoms with Crippen molar-refractivity contribution in [2.24, 2.45) is 0 Å². The lowest BCUT2D eigenvalue weighted by atomic mass is 9.80. The van der Waals surface area contributed by atoms with Gasteiger partial charge < -0.3 is 5.32 Å². The second-order valence-corrected chi connectivity index (χ2v) is 5.25. The number of rotatable bonds is 5. The number of Topliss-reactive ketones (excluding diaryl/α,β-unsaturated/α-hetero) is 1. The van der Waals surface area contributed by atoms with Gasteiger partial charge in [-0.2, -0.15) is 13.2 Å². The fraction of sp³-hybridized carbons (Fsp3) is 0.533. The van der Waals surface area contributed by atoms with Gasteiger partial charge in [0.05, 0.1) is 13.1 Å². The van der Waals surface area contributed by atoms with Crippen LogP contribution in [0.5, 0.6) is 0 Å². The Hall–Kier alpha value is -1.36. The molecule has 0 fully saturated rings. The van der Waals surface area contributed by atoms with Gasteiger partial charge in [0.2, 0.25) is 0 Å². The SMILES string of the molecule is O=C(CNCC(F)(F)F)CC1CCCc2ccccc21. The van der Waals surface area contributed by atoms with Gasteiger partial charge in [0.25, 0.3) is 0 Å². The number of carbonyl (C=O) groups excluding carboxylic acids is 1. The van der Waals surface area contributed by atoms with Crippen LogP contribution in [0.15, 0.2) is 24.3 Å². The average Bonchev–Trinajstić information content (AvgIpc) is 2.37. The molecule has 1 aliphatic rings. The molecule has 1 aliphatic carbocycles. The summed E-state index contributed by atoms with van der Waals surface area (Å²) in [6.07, 6.45) is -0.959. The number of halogens is 3. The molecule has 1 atom stereocenters.